The molecule has 0 radical (unpaired) electrons. The van der Waals surface area contributed by atoms with Gasteiger partial charge in [0.15, 0.2) is 5.82 Å². The number of halogens is 4. The Morgan fingerprint density at radius 3 is 2.77 bits per heavy atom. The van der Waals surface area contributed by atoms with E-state index in [0.29, 0.717) is 5.56 Å². The van der Waals surface area contributed by atoms with Gasteiger partial charge in [0.05, 0.1) is 35.5 Å². The molecule has 2 aromatic heterocycles. The number of nitrogens with zero attached hydrogens (tertiary/aromatic N) is 4. The van der Waals surface area contributed by atoms with E-state index in [9.17, 15) is 14.3 Å². The first-order chi connectivity index (χ1) is 14.8. The zero-order valence-corrected chi connectivity index (χ0v) is 20.5. The smallest absolute Gasteiger partial charge is 0.359 e. The number of benzene rings is 1. The molecule has 0 aliphatic heterocycles. The Morgan fingerprint density at radius 1 is 1.42 bits per heavy atom. The van der Waals surface area contributed by atoms with Gasteiger partial charge in [-0.25, -0.2) is 21.3 Å². The Hall–Kier alpha value is -2.07. The topological polar surface area (TPSA) is 91.4 Å². The standard InChI is InChI=1S/C19H16F2I2N4O4/c1-10(22)31-16-8-15(27-19(29)26(23)17(9-28)25-27)14(21)7-12(16)13(20)6-11-4-3-5-24-18(11)30-2/h3-8,10,28H,9H2,1-2H3/b13-6-/t10-/m0/s1. The van der Waals surface area contributed by atoms with E-state index in [1.165, 1.54) is 19.4 Å². The molecule has 2 heterocycles. The molecule has 0 fully saturated rings. The Kier molecular flexibility index (Phi) is 7.64. The van der Waals surface area contributed by atoms with Crippen LogP contribution in [0.1, 0.15) is 23.9 Å². The lowest BCUT2D eigenvalue weighted by atomic mass is 10.1. The van der Waals surface area contributed by atoms with Gasteiger partial charge < -0.3 is 14.6 Å². The van der Waals surface area contributed by atoms with Crippen LogP contribution in [0.3, 0.4) is 0 Å². The maximum Gasteiger partial charge on any atom is 0.359 e. The number of aliphatic hydroxyl groups excluding tert-OH is 1. The van der Waals surface area contributed by atoms with E-state index in [2.05, 4.69) is 10.1 Å². The summed E-state index contributed by atoms with van der Waals surface area (Å²) < 4.78 is 42.4. The summed E-state index contributed by atoms with van der Waals surface area (Å²) in [6.07, 6.45) is 2.65. The lowest BCUT2D eigenvalue weighted by Gasteiger charge is -2.15. The summed E-state index contributed by atoms with van der Waals surface area (Å²) in [5.74, 6) is -1.43. The number of aliphatic hydroxyl groups is 1. The van der Waals surface area contributed by atoms with Gasteiger partial charge in [0, 0.05) is 17.8 Å². The van der Waals surface area contributed by atoms with E-state index in [1.807, 2.05) is 22.6 Å². The first-order valence-electron chi connectivity index (χ1n) is 8.76. The van der Waals surface area contributed by atoms with Crippen LogP contribution in [0.4, 0.5) is 8.78 Å². The molecule has 3 aromatic rings. The van der Waals surface area contributed by atoms with E-state index in [-0.39, 0.29) is 32.8 Å². The number of hydrogen-bond donors (Lipinski definition) is 1. The van der Waals surface area contributed by atoms with Crippen molar-refractivity contribution in [3.63, 3.8) is 0 Å². The first-order valence-corrected chi connectivity index (χ1v) is 11.0. The van der Waals surface area contributed by atoms with E-state index < -0.39 is 23.9 Å². The van der Waals surface area contributed by atoms with Crippen molar-refractivity contribution in [1.29, 1.82) is 0 Å². The van der Waals surface area contributed by atoms with Gasteiger partial charge in [-0.15, -0.1) is 5.10 Å². The SMILES string of the molecule is COc1ncccc1/C=C(\F)c1cc(F)c(-n2nc(CO)n(I)c2=O)cc1O[C@@H](C)I. The van der Waals surface area contributed by atoms with Gasteiger partial charge in [0.1, 0.15) is 33.8 Å². The second-order valence-electron chi connectivity index (χ2n) is 6.10. The molecule has 0 aliphatic carbocycles. The molecule has 1 N–H and O–H groups in total. The lowest BCUT2D eigenvalue weighted by Crippen LogP contribution is -2.20. The molecule has 164 valence electrons. The fourth-order valence-corrected chi connectivity index (χ4v) is 3.43. The van der Waals surface area contributed by atoms with Crippen LogP contribution in [0.25, 0.3) is 17.6 Å². The van der Waals surface area contributed by atoms with Gasteiger partial charge in [-0.05, 0) is 53.8 Å². The van der Waals surface area contributed by atoms with Gasteiger partial charge >= 0.3 is 5.69 Å². The average Bonchev–Trinajstić information content (AvgIpc) is 3.03. The maximum atomic E-state index is 15.2. The number of pyridine rings is 1. The third-order valence-electron chi connectivity index (χ3n) is 4.03. The van der Waals surface area contributed by atoms with E-state index in [1.54, 1.807) is 41.9 Å². The molecule has 0 aliphatic rings. The molecule has 31 heavy (non-hydrogen) atoms. The molecule has 12 heteroatoms. The molecule has 3 rings (SSSR count). The minimum atomic E-state index is -0.897. The molecule has 0 saturated heterocycles. The minimum Gasteiger partial charge on any atom is -0.481 e. The molecule has 1 atom stereocenters. The third kappa shape index (κ3) is 5.06. The highest BCUT2D eigenvalue weighted by molar-refractivity contribution is 14.1. The third-order valence-corrected chi connectivity index (χ3v) is 5.26. The molecule has 0 unspecified atom stereocenters. The lowest BCUT2D eigenvalue weighted by molar-refractivity contribution is 0.270. The van der Waals surface area contributed by atoms with Crippen molar-refractivity contribution in [1.82, 2.24) is 17.5 Å². The monoisotopic (exact) mass is 656 g/mol. The van der Waals surface area contributed by atoms with Crippen molar-refractivity contribution in [3.05, 3.63) is 63.7 Å². The van der Waals surface area contributed by atoms with Gasteiger partial charge in [-0.2, -0.15) is 4.68 Å². The van der Waals surface area contributed by atoms with Gasteiger partial charge in [-0.3, -0.25) is 0 Å². The molecule has 1 aromatic carbocycles. The molecule has 0 amide bonds. The van der Waals surface area contributed by atoms with Gasteiger partial charge in [0.2, 0.25) is 5.88 Å². The number of methoxy groups -OCH3 is 1. The Labute approximate surface area is 203 Å². The molecular formula is C19H16F2I2N4O4. The Balaban J connectivity index is 2.17. The van der Waals surface area contributed by atoms with Gasteiger partial charge in [-0.1, -0.05) is 0 Å². The number of ether oxygens (including phenoxy) is 2. The van der Waals surface area contributed by atoms with Crippen LogP contribution in [0.2, 0.25) is 0 Å². The van der Waals surface area contributed by atoms with Crippen molar-refractivity contribution in [2.45, 2.75) is 17.6 Å². The summed E-state index contributed by atoms with van der Waals surface area (Å²) in [4.78, 5) is 16.4. The fourth-order valence-electron chi connectivity index (χ4n) is 2.70. The average molecular weight is 656 g/mol. The van der Waals surface area contributed by atoms with Crippen LogP contribution in [0, 0.1) is 5.82 Å². The van der Waals surface area contributed by atoms with Crippen molar-refractivity contribution in [3.8, 4) is 17.3 Å². The maximum absolute atomic E-state index is 15.2. The summed E-state index contributed by atoms with van der Waals surface area (Å²) in [7, 11) is 1.41. The highest BCUT2D eigenvalue weighted by atomic mass is 127. The largest absolute Gasteiger partial charge is 0.481 e. The fraction of sp³-hybridized carbons (Fsp3) is 0.211. The Bertz CT molecular complexity index is 1190. The number of rotatable bonds is 7. The van der Waals surface area contributed by atoms with Crippen LogP contribution in [-0.4, -0.2) is 33.9 Å². The van der Waals surface area contributed by atoms with Crippen molar-refractivity contribution >= 4 is 57.4 Å². The van der Waals surface area contributed by atoms with Crippen LogP contribution < -0.4 is 15.2 Å². The highest BCUT2D eigenvalue weighted by Crippen LogP contribution is 2.34. The normalized spacial score (nSPS) is 12.7. The predicted octanol–water partition coefficient (Wildman–Crippen LogP) is 3.89. The van der Waals surface area contributed by atoms with E-state index in [0.717, 1.165) is 19.6 Å². The van der Waals surface area contributed by atoms with Crippen LogP contribution in [-0.2, 0) is 6.61 Å². The Morgan fingerprint density at radius 2 is 2.16 bits per heavy atom. The number of alkyl halides is 1. The zero-order chi connectivity index (χ0) is 22.7. The molecular weight excluding hydrogens is 640 g/mol. The van der Waals surface area contributed by atoms with E-state index in [4.69, 9.17) is 9.47 Å². The summed E-state index contributed by atoms with van der Waals surface area (Å²) in [5.41, 5.74) is -0.716. The van der Waals surface area contributed by atoms with Crippen molar-refractivity contribution in [2.24, 2.45) is 0 Å². The van der Waals surface area contributed by atoms with E-state index >= 15 is 4.39 Å². The molecule has 0 saturated carbocycles. The second-order valence-corrected chi connectivity index (χ2v) is 8.82. The number of hydrogen-bond acceptors (Lipinski definition) is 6. The zero-order valence-electron chi connectivity index (χ0n) is 16.2. The van der Waals surface area contributed by atoms with Crippen LogP contribution in [0.5, 0.6) is 11.6 Å². The molecule has 8 nitrogen and oxygen atoms in total. The molecule has 0 spiro atoms. The summed E-state index contributed by atoms with van der Waals surface area (Å²) in [5, 5.41) is 13.2. The van der Waals surface area contributed by atoms with Crippen LogP contribution in [0.15, 0.2) is 35.3 Å². The number of aromatic nitrogens is 4. The van der Waals surface area contributed by atoms with Crippen molar-refractivity contribution in [2.75, 3.05) is 7.11 Å². The second kappa shape index (κ2) is 10.0. The predicted molar refractivity (Wildman–Crippen MR) is 127 cm³/mol. The first kappa shape index (κ1) is 23.6. The summed E-state index contributed by atoms with van der Waals surface area (Å²) >= 11 is 3.62. The van der Waals surface area contributed by atoms with Gasteiger partial charge in [0.25, 0.3) is 0 Å². The highest BCUT2D eigenvalue weighted by Gasteiger charge is 2.21. The van der Waals surface area contributed by atoms with Crippen LogP contribution >= 0.6 is 45.5 Å². The van der Waals surface area contributed by atoms with Crippen molar-refractivity contribution < 1.29 is 23.4 Å². The minimum absolute atomic E-state index is 0.00960. The summed E-state index contributed by atoms with van der Waals surface area (Å²) in [6, 6.07) is 5.33. The molecule has 0 bridgehead atoms. The summed E-state index contributed by atoms with van der Waals surface area (Å²) in [6.45, 7) is 1.21. The quantitative estimate of drug-likeness (QED) is 0.307.